The SMILES string of the molecule is CCN(Cc1ccccc1C)C(=O)C(CN)C(C)C. The first kappa shape index (κ1) is 15.7. The summed E-state index contributed by atoms with van der Waals surface area (Å²) >= 11 is 0. The van der Waals surface area contributed by atoms with Crippen LogP contribution in [0.2, 0.25) is 0 Å². The highest BCUT2D eigenvalue weighted by atomic mass is 16.2. The zero-order valence-electron chi connectivity index (χ0n) is 12.5. The van der Waals surface area contributed by atoms with E-state index in [0.717, 1.165) is 6.54 Å². The first-order valence-electron chi connectivity index (χ1n) is 7.04. The Balaban J connectivity index is 2.84. The second kappa shape index (κ2) is 7.29. The van der Waals surface area contributed by atoms with Gasteiger partial charge in [-0.1, -0.05) is 38.1 Å². The zero-order valence-corrected chi connectivity index (χ0v) is 12.5. The van der Waals surface area contributed by atoms with Crippen LogP contribution in [0.3, 0.4) is 0 Å². The summed E-state index contributed by atoms with van der Waals surface area (Å²) in [7, 11) is 0. The molecule has 2 N–H and O–H groups in total. The van der Waals surface area contributed by atoms with Gasteiger partial charge in [0, 0.05) is 19.6 Å². The van der Waals surface area contributed by atoms with Crippen molar-refractivity contribution in [1.29, 1.82) is 0 Å². The van der Waals surface area contributed by atoms with Crippen LogP contribution in [0.25, 0.3) is 0 Å². The molecule has 1 aromatic rings. The Morgan fingerprint density at radius 3 is 2.42 bits per heavy atom. The van der Waals surface area contributed by atoms with Crippen LogP contribution in [0.5, 0.6) is 0 Å². The van der Waals surface area contributed by atoms with E-state index in [0.29, 0.717) is 13.1 Å². The lowest BCUT2D eigenvalue weighted by atomic mass is 9.94. The summed E-state index contributed by atoms with van der Waals surface area (Å²) in [5.41, 5.74) is 8.17. The van der Waals surface area contributed by atoms with E-state index in [1.807, 2.05) is 24.0 Å². The van der Waals surface area contributed by atoms with Gasteiger partial charge >= 0.3 is 0 Å². The highest BCUT2D eigenvalue weighted by Gasteiger charge is 2.25. The van der Waals surface area contributed by atoms with Gasteiger partial charge in [-0.15, -0.1) is 0 Å². The Morgan fingerprint density at radius 2 is 1.95 bits per heavy atom. The molecule has 1 amide bonds. The molecule has 0 radical (unpaired) electrons. The molecule has 0 fully saturated rings. The van der Waals surface area contributed by atoms with Gasteiger partial charge in [0.1, 0.15) is 0 Å². The number of carbonyl (C=O) groups is 1. The molecule has 1 atom stereocenters. The van der Waals surface area contributed by atoms with Crippen LogP contribution in [0.15, 0.2) is 24.3 Å². The molecule has 0 heterocycles. The average Bonchev–Trinajstić information content (AvgIpc) is 2.38. The predicted octanol–water partition coefficient (Wildman–Crippen LogP) is 2.57. The van der Waals surface area contributed by atoms with Crippen molar-refractivity contribution < 1.29 is 4.79 Å². The van der Waals surface area contributed by atoms with Crippen molar-refractivity contribution in [3.8, 4) is 0 Å². The third-order valence-corrected chi connectivity index (χ3v) is 3.69. The summed E-state index contributed by atoms with van der Waals surface area (Å²) in [6.45, 7) is 10.0. The summed E-state index contributed by atoms with van der Waals surface area (Å²) in [5.74, 6) is 0.371. The van der Waals surface area contributed by atoms with E-state index >= 15 is 0 Å². The number of benzene rings is 1. The summed E-state index contributed by atoms with van der Waals surface area (Å²) in [6, 6.07) is 8.20. The van der Waals surface area contributed by atoms with E-state index in [4.69, 9.17) is 5.73 Å². The van der Waals surface area contributed by atoms with Gasteiger partial charge in [0.2, 0.25) is 5.91 Å². The topological polar surface area (TPSA) is 46.3 Å². The van der Waals surface area contributed by atoms with E-state index in [1.54, 1.807) is 0 Å². The van der Waals surface area contributed by atoms with Crippen molar-refractivity contribution in [3.63, 3.8) is 0 Å². The van der Waals surface area contributed by atoms with Crippen LogP contribution in [0, 0.1) is 18.8 Å². The molecule has 0 saturated carbocycles. The van der Waals surface area contributed by atoms with Gasteiger partial charge < -0.3 is 10.6 Å². The molecular weight excluding hydrogens is 236 g/mol. The number of nitrogens with zero attached hydrogens (tertiary/aromatic N) is 1. The molecule has 0 saturated heterocycles. The minimum absolute atomic E-state index is 0.0797. The van der Waals surface area contributed by atoms with Crippen molar-refractivity contribution in [2.75, 3.05) is 13.1 Å². The fourth-order valence-electron chi connectivity index (χ4n) is 2.23. The maximum atomic E-state index is 12.5. The standard InChI is InChI=1S/C16H26N2O/c1-5-18(16(19)15(10-17)12(2)3)11-14-9-7-6-8-13(14)4/h6-9,12,15H,5,10-11,17H2,1-4H3. The summed E-state index contributed by atoms with van der Waals surface area (Å²) in [6.07, 6.45) is 0. The molecule has 3 heteroatoms. The Kier molecular flexibility index (Phi) is 6.03. The fraction of sp³-hybridized carbons (Fsp3) is 0.562. The lowest BCUT2D eigenvalue weighted by molar-refractivity contribution is -0.137. The fourth-order valence-corrected chi connectivity index (χ4v) is 2.23. The predicted molar refractivity (Wildman–Crippen MR) is 79.7 cm³/mol. The molecule has 1 rings (SSSR count). The second-order valence-corrected chi connectivity index (χ2v) is 5.37. The van der Waals surface area contributed by atoms with Crippen LogP contribution in [0.4, 0.5) is 0 Å². The number of carbonyl (C=O) groups excluding carboxylic acids is 1. The maximum Gasteiger partial charge on any atom is 0.227 e. The molecule has 3 nitrogen and oxygen atoms in total. The number of amides is 1. The van der Waals surface area contributed by atoms with Gasteiger partial charge in [-0.25, -0.2) is 0 Å². The van der Waals surface area contributed by atoms with Crippen molar-refractivity contribution in [3.05, 3.63) is 35.4 Å². The molecule has 0 aromatic heterocycles. The zero-order chi connectivity index (χ0) is 14.4. The van der Waals surface area contributed by atoms with E-state index in [-0.39, 0.29) is 17.7 Å². The largest absolute Gasteiger partial charge is 0.338 e. The Hall–Kier alpha value is -1.35. The minimum atomic E-state index is -0.0797. The van der Waals surface area contributed by atoms with Crippen molar-refractivity contribution in [1.82, 2.24) is 4.90 Å². The monoisotopic (exact) mass is 262 g/mol. The van der Waals surface area contributed by atoms with Gasteiger partial charge in [-0.3, -0.25) is 4.79 Å². The van der Waals surface area contributed by atoms with E-state index in [9.17, 15) is 4.79 Å². The smallest absolute Gasteiger partial charge is 0.227 e. The lowest BCUT2D eigenvalue weighted by Crippen LogP contribution is -2.41. The van der Waals surface area contributed by atoms with E-state index in [2.05, 4.69) is 32.9 Å². The minimum Gasteiger partial charge on any atom is -0.338 e. The maximum absolute atomic E-state index is 12.5. The number of hydrogen-bond acceptors (Lipinski definition) is 2. The quantitative estimate of drug-likeness (QED) is 0.856. The molecule has 0 aliphatic heterocycles. The first-order chi connectivity index (χ1) is 9.01. The Morgan fingerprint density at radius 1 is 1.32 bits per heavy atom. The Bertz CT molecular complexity index is 415. The Labute approximate surface area is 116 Å². The number of aryl methyl sites for hydroxylation is 1. The molecule has 0 bridgehead atoms. The van der Waals surface area contributed by atoms with Crippen molar-refractivity contribution in [2.45, 2.75) is 34.2 Å². The number of nitrogens with two attached hydrogens (primary N) is 1. The van der Waals surface area contributed by atoms with Crippen molar-refractivity contribution in [2.24, 2.45) is 17.6 Å². The van der Waals surface area contributed by atoms with Gasteiger partial charge in [0.15, 0.2) is 0 Å². The van der Waals surface area contributed by atoms with Crippen LogP contribution in [-0.2, 0) is 11.3 Å². The van der Waals surface area contributed by atoms with Crippen LogP contribution in [-0.4, -0.2) is 23.9 Å². The summed E-state index contributed by atoms with van der Waals surface area (Å²) in [4.78, 5) is 14.4. The molecule has 19 heavy (non-hydrogen) atoms. The third kappa shape index (κ3) is 4.06. The highest BCUT2D eigenvalue weighted by molar-refractivity contribution is 5.79. The first-order valence-corrected chi connectivity index (χ1v) is 7.04. The second-order valence-electron chi connectivity index (χ2n) is 5.37. The number of hydrogen-bond donors (Lipinski definition) is 1. The van der Waals surface area contributed by atoms with Crippen LogP contribution in [0.1, 0.15) is 31.9 Å². The molecule has 1 unspecified atom stereocenters. The molecule has 1 aromatic carbocycles. The van der Waals surface area contributed by atoms with Gasteiger partial charge in [0.25, 0.3) is 0 Å². The molecule has 106 valence electrons. The van der Waals surface area contributed by atoms with E-state index in [1.165, 1.54) is 11.1 Å². The molecule has 0 spiro atoms. The average molecular weight is 262 g/mol. The van der Waals surface area contributed by atoms with Crippen LogP contribution >= 0.6 is 0 Å². The summed E-state index contributed by atoms with van der Waals surface area (Å²) < 4.78 is 0. The third-order valence-electron chi connectivity index (χ3n) is 3.69. The normalized spacial score (nSPS) is 12.5. The molecule has 0 aliphatic carbocycles. The van der Waals surface area contributed by atoms with Crippen LogP contribution < -0.4 is 5.73 Å². The number of rotatable bonds is 6. The van der Waals surface area contributed by atoms with E-state index < -0.39 is 0 Å². The lowest BCUT2D eigenvalue weighted by Gasteiger charge is -2.28. The van der Waals surface area contributed by atoms with Gasteiger partial charge in [0.05, 0.1) is 5.92 Å². The molecule has 0 aliphatic rings. The van der Waals surface area contributed by atoms with Crippen molar-refractivity contribution >= 4 is 5.91 Å². The van der Waals surface area contributed by atoms with Gasteiger partial charge in [-0.05, 0) is 30.9 Å². The summed E-state index contributed by atoms with van der Waals surface area (Å²) in [5, 5.41) is 0. The molecular formula is C16H26N2O. The van der Waals surface area contributed by atoms with Gasteiger partial charge in [-0.2, -0.15) is 0 Å². The highest BCUT2D eigenvalue weighted by Crippen LogP contribution is 2.16.